The van der Waals surface area contributed by atoms with Gasteiger partial charge in [-0.15, -0.1) is 0 Å². The lowest BCUT2D eigenvalue weighted by Gasteiger charge is -1.99. The Balaban J connectivity index is 3.69. The van der Waals surface area contributed by atoms with Gasteiger partial charge >= 0.3 is 0 Å². The number of nitrogens with one attached hydrogen (secondary N) is 2. The molecule has 0 bridgehead atoms. The molecule has 0 aromatic rings. The van der Waals surface area contributed by atoms with Crippen LogP contribution in [0.15, 0.2) is 11.9 Å². The molecule has 0 atom stereocenters. The molecule has 0 saturated carbocycles. The van der Waals surface area contributed by atoms with Crippen molar-refractivity contribution in [3.8, 4) is 0 Å². The van der Waals surface area contributed by atoms with Crippen LogP contribution in [0, 0.1) is 5.41 Å². The van der Waals surface area contributed by atoms with Gasteiger partial charge in [0.05, 0.1) is 5.82 Å². The molecule has 0 aromatic carbocycles. The molecule has 0 saturated heterocycles. The smallest absolute Gasteiger partial charge is 0.0978 e. The first-order chi connectivity index (χ1) is 4.16. The van der Waals surface area contributed by atoms with Crippen LogP contribution in [0.1, 0.15) is 13.8 Å². The number of hydrogen-bond acceptors (Lipinski definition) is 3. The Bertz CT molecular complexity index is 126. The van der Waals surface area contributed by atoms with Gasteiger partial charge < -0.3 is 16.5 Å². The zero-order chi connectivity index (χ0) is 7.28. The normalized spacial score (nSPS) is 11.1. The highest BCUT2D eigenvalue weighted by Crippen LogP contribution is 1.77. The highest BCUT2D eigenvalue weighted by atomic mass is 15.0. The maximum absolute atomic E-state index is 7.01. The third-order valence-corrected chi connectivity index (χ3v) is 0.753. The number of rotatable bonds is 3. The van der Waals surface area contributed by atoms with Gasteiger partial charge in [-0.2, -0.15) is 0 Å². The first-order valence-corrected chi connectivity index (χ1v) is 2.93. The highest BCUT2D eigenvalue weighted by Gasteiger charge is 1.84. The Kier molecular flexibility index (Phi) is 3.51. The molecular weight excluding hydrogens is 114 g/mol. The summed E-state index contributed by atoms with van der Waals surface area (Å²) >= 11 is 0. The molecular formula is C6H13N3. The van der Waals surface area contributed by atoms with Crippen LogP contribution < -0.4 is 11.1 Å². The van der Waals surface area contributed by atoms with Crippen LogP contribution >= 0.6 is 0 Å². The van der Waals surface area contributed by atoms with Crippen LogP contribution in [-0.2, 0) is 0 Å². The SMILES string of the molecule is CCN/C(N)=C\C(C)=N. The standard InChI is InChI=1S/C6H13N3/c1-3-9-6(8)4-5(2)7/h4,7,9H,3,8H2,1-2H3/b6-4-,7-5?. The van der Waals surface area contributed by atoms with Crippen LogP contribution in [-0.4, -0.2) is 12.3 Å². The van der Waals surface area contributed by atoms with Crippen LogP contribution in [0.2, 0.25) is 0 Å². The van der Waals surface area contributed by atoms with E-state index in [1.807, 2.05) is 6.92 Å². The van der Waals surface area contributed by atoms with E-state index in [9.17, 15) is 0 Å². The van der Waals surface area contributed by atoms with E-state index in [1.54, 1.807) is 13.0 Å². The van der Waals surface area contributed by atoms with Gasteiger partial charge in [0.25, 0.3) is 0 Å². The van der Waals surface area contributed by atoms with Gasteiger partial charge in [0, 0.05) is 12.3 Å². The molecule has 0 aliphatic heterocycles. The van der Waals surface area contributed by atoms with Crippen molar-refractivity contribution in [2.75, 3.05) is 6.54 Å². The molecule has 0 aliphatic rings. The van der Waals surface area contributed by atoms with Crippen molar-refractivity contribution >= 4 is 5.71 Å². The monoisotopic (exact) mass is 127 g/mol. The van der Waals surface area contributed by atoms with E-state index in [0.717, 1.165) is 6.54 Å². The largest absolute Gasteiger partial charge is 0.385 e. The molecule has 0 aromatic heterocycles. The van der Waals surface area contributed by atoms with E-state index in [4.69, 9.17) is 11.1 Å². The summed E-state index contributed by atoms with van der Waals surface area (Å²) in [6.07, 6.45) is 1.59. The topological polar surface area (TPSA) is 61.9 Å². The maximum atomic E-state index is 7.01. The van der Waals surface area contributed by atoms with E-state index >= 15 is 0 Å². The molecule has 4 N–H and O–H groups in total. The van der Waals surface area contributed by atoms with Gasteiger partial charge in [0.1, 0.15) is 0 Å². The second kappa shape index (κ2) is 3.95. The summed E-state index contributed by atoms with van der Waals surface area (Å²) < 4.78 is 0. The molecule has 0 rings (SSSR count). The van der Waals surface area contributed by atoms with Gasteiger partial charge in [-0.25, -0.2) is 0 Å². The first kappa shape index (κ1) is 8.01. The fraction of sp³-hybridized carbons (Fsp3) is 0.500. The second-order valence-corrected chi connectivity index (χ2v) is 1.81. The van der Waals surface area contributed by atoms with E-state index < -0.39 is 0 Å². The fourth-order valence-electron chi connectivity index (χ4n) is 0.488. The van der Waals surface area contributed by atoms with Crippen LogP contribution in [0.5, 0.6) is 0 Å². The Hall–Kier alpha value is -0.990. The summed E-state index contributed by atoms with van der Waals surface area (Å²) in [4.78, 5) is 0. The molecule has 3 nitrogen and oxygen atoms in total. The Morgan fingerprint density at radius 1 is 1.78 bits per heavy atom. The number of nitrogens with two attached hydrogens (primary N) is 1. The zero-order valence-electron chi connectivity index (χ0n) is 5.86. The number of hydrogen-bond donors (Lipinski definition) is 3. The van der Waals surface area contributed by atoms with Crippen LogP contribution in [0.25, 0.3) is 0 Å². The summed E-state index contributed by atoms with van der Waals surface area (Å²) in [5.41, 5.74) is 5.86. The molecule has 0 amide bonds. The zero-order valence-corrected chi connectivity index (χ0v) is 5.86. The average molecular weight is 127 g/mol. The molecule has 52 valence electrons. The summed E-state index contributed by atoms with van der Waals surface area (Å²) in [6.45, 7) is 4.44. The highest BCUT2D eigenvalue weighted by molar-refractivity contribution is 5.90. The molecule has 0 heterocycles. The minimum absolute atomic E-state index is 0.466. The fourth-order valence-corrected chi connectivity index (χ4v) is 0.488. The lowest BCUT2D eigenvalue weighted by atomic mass is 10.4. The lowest BCUT2D eigenvalue weighted by molar-refractivity contribution is 0.842. The molecule has 3 heteroatoms. The molecule has 0 aliphatic carbocycles. The Labute approximate surface area is 55.4 Å². The van der Waals surface area contributed by atoms with Crippen molar-refractivity contribution in [3.63, 3.8) is 0 Å². The average Bonchev–Trinajstić information content (AvgIpc) is 1.63. The van der Waals surface area contributed by atoms with Crippen LogP contribution in [0.4, 0.5) is 0 Å². The van der Waals surface area contributed by atoms with Gasteiger partial charge in [-0.3, -0.25) is 0 Å². The second-order valence-electron chi connectivity index (χ2n) is 1.81. The van der Waals surface area contributed by atoms with Gasteiger partial charge in [-0.05, 0) is 19.9 Å². The third-order valence-electron chi connectivity index (χ3n) is 0.753. The Morgan fingerprint density at radius 2 is 2.33 bits per heavy atom. The Morgan fingerprint density at radius 3 is 2.67 bits per heavy atom. The predicted molar refractivity (Wildman–Crippen MR) is 39.3 cm³/mol. The van der Waals surface area contributed by atoms with E-state index in [-0.39, 0.29) is 0 Å². The van der Waals surface area contributed by atoms with Crippen molar-refractivity contribution in [2.24, 2.45) is 5.73 Å². The molecule has 0 unspecified atom stereocenters. The van der Waals surface area contributed by atoms with Gasteiger partial charge in [-0.1, -0.05) is 0 Å². The minimum atomic E-state index is 0.466. The van der Waals surface area contributed by atoms with Crippen molar-refractivity contribution < 1.29 is 0 Å². The molecule has 9 heavy (non-hydrogen) atoms. The van der Waals surface area contributed by atoms with Gasteiger partial charge in [0.2, 0.25) is 0 Å². The quantitative estimate of drug-likeness (QED) is 0.481. The van der Waals surface area contributed by atoms with Crippen molar-refractivity contribution in [1.29, 1.82) is 5.41 Å². The first-order valence-electron chi connectivity index (χ1n) is 2.93. The van der Waals surface area contributed by atoms with E-state index in [2.05, 4.69) is 5.32 Å². The summed E-state index contributed by atoms with van der Waals surface area (Å²) in [7, 11) is 0. The van der Waals surface area contributed by atoms with Crippen LogP contribution in [0.3, 0.4) is 0 Å². The summed E-state index contributed by atoms with van der Waals surface area (Å²) in [5, 5.41) is 9.88. The van der Waals surface area contributed by atoms with E-state index in [0.29, 0.717) is 11.5 Å². The third kappa shape index (κ3) is 4.87. The minimum Gasteiger partial charge on any atom is -0.385 e. The van der Waals surface area contributed by atoms with Crippen molar-refractivity contribution in [1.82, 2.24) is 5.32 Å². The lowest BCUT2D eigenvalue weighted by Crippen LogP contribution is -2.19. The van der Waals surface area contributed by atoms with Crippen molar-refractivity contribution in [3.05, 3.63) is 11.9 Å². The summed E-state index contributed by atoms with van der Waals surface area (Å²) in [6, 6.07) is 0. The number of allylic oxidation sites excluding steroid dienone is 1. The molecule has 0 radical (unpaired) electrons. The summed E-state index contributed by atoms with van der Waals surface area (Å²) in [5.74, 6) is 0.560. The maximum Gasteiger partial charge on any atom is 0.0978 e. The molecule has 0 fully saturated rings. The van der Waals surface area contributed by atoms with Gasteiger partial charge in [0.15, 0.2) is 0 Å². The predicted octanol–water partition coefficient (Wildman–Crippen LogP) is 0.436. The van der Waals surface area contributed by atoms with Crippen molar-refractivity contribution in [2.45, 2.75) is 13.8 Å². The van der Waals surface area contributed by atoms with E-state index in [1.165, 1.54) is 0 Å². The molecule has 0 spiro atoms.